The molecule has 1 nitrogen and oxygen atoms in total. The highest BCUT2D eigenvalue weighted by Gasteiger charge is 2.51. The molecule has 0 aliphatic heterocycles. The molecule has 2 saturated carbocycles. The van der Waals surface area contributed by atoms with Gasteiger partial charge in [0, 0.05) is 6.10 Å². The van der Waals surface area contributed by atoms with Gasteiger partial charge in [0.05, 0.1) is 0 Å². The predicted molar refractivity (Wildman–Crippen MR) is 85.9 cm³/mol. The van der Waals surface area contributed by atoms with E-state index in [-0.39, 0.29) is 0 Å². The Bertz CT molecular complexity index is 366. The molecule has 2 aliphatic carbocycles. The van der Waals surface area contributed by atoms with E-state index in [1.807, 2.05) is 0 Å². The summed E-state index contributed by atoms with van der Waals surface area (Å²) in [5.41, 5.74) is 1.86. The summed E-state index contributed by atoms with van der Waals surface area (Å²) in [5.74, 6) is 0.725. The summed E-state index contributed by atoms with van der Waals surface area (Å²) in [5, 5.41) is 0.317. The average Bonchev–Trinajstić information content (AvgIpc) is 2.57. The Balaban J connectivity index is 2.14. The lowest BCUT2D eigenvalue weighted by molar-refractivity contribution is 0.0878. The van der Waals surface area contributed by atoms with E-state index in [9.17, 15) is 0 Å². The van der Waals surface area contributed by atoms with Crippen LogP contribution in [0.1, 0.15) is 59.8 Å². The third kappa shape index (κ3) is 2.58. The van der Waals surface area contributed by atoms with Gasteiger partial charge in [-0.15, -0.1) is 0 Å². The van der Waals surface area contributed by atoms with Crippen molar-refractivity contribution in [1.29, 1.82) is 0 Å². The maximum absolute atomic E-state index is 6.74. The molecule has 0 spiro atoms. The molecule has 0 aromatic rings. The van der Waals surface area contributed by atoms with E-state index in [2.05, 4.69) is 47.4 Å². The van der Waals surface area contributed by atoms with Crippen molar-refractivity contribution in [1.82, 2.24) is 0 Å². The van der Waals surface area contributed by atoms with Crippen LogP contribution >= 0.6 is 0 Å². The van der Waals surface area contributed by atoms with E-state index in [0.717, 1.165) is 5.92 Å². The Morgan fingerprint density at radius 1 is 1.26 bits per heavy atom. The number of allylic oxidation sites excluding steroid dienone is 1. The molecule has 0 aromatic carbocycles. The van der Waals surface area contributed by atoms with Crippen LogP contribution in [0.4, 0.5) is 0 Å². The summed E-state index contributed by atoms with van der Waals surface area (Å²) < 4.78 is 6.74. The highest BCUT2D eigenvalue weighted by atomic mass is 28.4. The molecule has 0 radical (unpaired) electrons. The SMILES string of the molecule is C=C1CCC[C@@H]2[C@@H](O[Si](C)(C)C(C)(C)C)CC[C@]12C. The molecule has 0 unspecified atom stereocenters. The second-order valence-electron chi connectivity index (χ2n) is 8.48. The van der Waals surface area contributed by atoms with E-state index in [1.54, 1.807) is 0 Å². The lowest BCUT2D eigenvalue weighted by atomic mass is 9.66. The summed E-state index contributed by atoms with van der Waals surface area (Å²) in [4.78, 5) is 0. The average molecular weight is 281 g/mol. The Morgan fingerprint density at radius 2 is 1.89 bits per heavy atom. The quantitative estimate of drug-likeness (QED) is 0.477. The Hall–Kier alpha value is -0.0831. The van der Waals surface area contributed by atoms with Crippen LogP contribution in [0.5, 0.6) is 0 Å². The first-order valence-electron chi connectivity index (χ1n) is 7.94. The van der Waals surface area contributed by atoms with E-state index in [0.29, 0.717) is 16.6 Å². The van der Waals surface area contributed by atoms with Gasteiger partial charge in [-0.1, -0.05) is 39.8 Å². The topological polar surface area (TPSA) is 9.23 Å². The van der Waals surface area contributed by atoms with Crippen molar-refractivity contribution in [2.45, 2.75) is 84.0 Å². The summed E-state index contributed by atoms with van der Waals surface area (Å²) in [7, 11) is -1.63. The van der Waals surface area contributed by atoms with Crippen molar-refractivity contribution >= 4 is 8.32 Å². The lowest BCUT2D eigenvalue weighted by Gasteiger charge is -2.44. The molecule has 3 atom stereocenters. The summed E-state index contributed by atoms with van der Waals surface area (Å²) >= 11 is 0. The van der Waals surface area contributed by atoms with Crippen molar-refractivity contribution in [2.75, 3.05) is 0 Å². The summed E-state index contributed by atoms with van der Waals surface area (Å²) in [6.45, 7) is 18.6. The molecule has 19 heavy (non-hydrogen) atoms. The van der Waals surface area contributed by atoms with Crippen molar-refractivity contribution in [3.63, 3.8) is 0 Å². The van der Waals surface area contributed by atoms with Crippen LogP contribution in [0.15, 0.2) is 12.2 Å². The largest absolute Gasteiger partial charge is 0.414 e. The molecule has 0 aromatic heterocycles. The fourth-order valence-electron chi connectivity index (χ4n) is 3.70. The highest BCUT2D eigenvalue weighted by molar-refractivity contribution is 6.74. The minimum atomic E-state index is -1.63. The molecule has 0 saturated heterocycles. The Morgan fingerprint density at radius 3 is 2.47 bits per heavy atom. The molecule has 2 rings (SSSR count). The number of fused-ring (bicyclic) bond motifs is 1. The van der Waals surface area contributed by atoms with Gasteiger partial charge < -0.3 is 4.43 Å². The fraction of sp³-hybridized carbons (Fsp3) is 0.882. The first-order valence-corrected chi connectivity index (χ1v) is 10.8. The molecule has 0 heterocycles. The summed E-state index contributed by atoms with van der Waals surface area (Å²) in [6.07, 6.45) is 6.91. The predicted octanol–water partition coefficient (Wildman–Crippen LogP) is 5.53. The maximum atomic E-state index is 6.74. The van der Waals surface area contributed by atoms with Crippen LogP contribution in [-0.4, -0.2) is 14.4 Å². The highest BCUT2D eigenvalue weighted by Crippen LogP contribution is 2.56. The molecule has 0 amide bonds. The number of hydrogen-bond acceptors (Lipinski definition) is 1. The first-order chi connectivity index (χ1) is 8.58. The van der Waals surface area contributed by atoms with Gasteiger partial charge >= 0.3 is 0 Å². The third-order valence-corrected chi connectivity index (χ3v) is 10.8. The molecular formula is C17H32OSi. The van der Waals surface area contributed by atoms with Crippen LogP contribution in [0, 0.1) is 11.3 Å². The zero-order valence-electron chi connectivity index (χ0n) is 13.8. The number of hydrogen-bond donors (Lipinski definition) is 0. The molecule has 2 fully saturated rings. The monoisotopic (exact) mass is 280 g/mol. The van der Waals surface area contributed by atoms with Crippen molar-refractivity contribution < 1.29 is 4.43 Å². The van der Waals surface area contributed by atoms with E-state index in [4.69, 9.17) is 4.43 Å². The van der Waals surface area contributed by atoms with Crippen LogP contribution in [0.25, 0.3) is 0 Å². The second-order valence-corrected chi connectivity index (χ2v) is 13.2. The second kappa shape index (κ2) is 4.73. The van der Waals surface area contributed by atoms with Crippen LogP contribution in [0.3, 0.4) is 0 Å². The lowest BCUT2D eigenvalue weighted by Crippen LogP contribution is -2.46. The number of rotatable bonds is 2. The summed E-state index contributed by atoms with van der Waals surface area (Å²) in [6, 6.07) is 0. The van der Waals surface area contributed by atoms with Gasteiger partial charge in [-0.25, -0.2) is 0 Å². The van der Waals surface area contributed by atoms with Gasteiger partial charge in [-0.3, -0.25) is 0 Å². The maximum Gasteiger partial charge on any atom is 0.192 e. The molecule has 0 bridgehead atoms. The first kappa shape index (κ1) is 15.3. The Labute approximate surface area is 120 Å². The molecular weight excluding hydrogens is 248 g/mol. The van der Waals surface area contributed by atoms with Gasteiger partial charge in [-0.05, 0) is 61.6 Å². The third-order valence-electron chi connectivity index (χ3n) is 6.27. The molecule has 110 valence electrons. The van der Waals surface area contributed by atoms with Crippen molar-refractivity contribution in [2.24, 2.45) is 11.3 Å². The van der Waals surface area contributed by atoms with Gasteiger partial charge in [-0.2, -0.15) is 0 Å². The van der Waals surface area contributed by atoms with Gasteiger partial charge in [0.15, 0.2) is 8.32 Å². The van der Waals surface area contributed by atoms with Gasteiger partial charge in [0.2, 0.25) is 0 Å². The Kier molecular flexibility index (Phi) is 3.81. The van der Waals surface area contributed by atoms with Crippen molar-refractivity contribution in [3.8, 4) is 0 Å². The standard InChI is InChI=1S/C17H32OSi/c1-13-9-8-10-14-15(11-12-17(13,14)5)18-19(6,7)16(2,3)4/h14-15H,1,8-12H2,2-7H3/t14-,15+,17-/m1/s1. The minimum Gasteiger partial charge on any atom is -0.414 e. The van der Waals surface area contributed by atoms with E-state index in [1.165, 1.54) is 37.7 Å². The zero-order valence-corrected chi connectivity index (χ0v) is 14.8. The van der Waals surface area contributed by atoms with E-state index < -0.39 is 8.32 Å². The fourth-order valence-corrected chi connectivity index (χ4v) is 5.09. The normalized spacial score (nSPS) is 36.4. The van der Waals surface area contributed by atoms with Gasteiger partial charge in [0.25, 0.3) is 0 Å². The van der Waals surface area contributed by atoms with Crippen LogP contribution < -0.4 is 0 Å². The van der Waals surface area contributed by atoms with Crippen LogP contribution in [0.2, 0.25) is 18.1 Å². The zero-order chi connectivity index (χ0) is 14.5. The minimum absolute atomic E-state index is 0.317. The van der Waals surface area contributed by atoms with E-state index >= 15 is 0 Å². The van der Waals surface area contributed by atoms with Crippen molar-refractivity contribution in [3.05, 3.63) is 12.2 Å². The molecule has 0 N–H and O–H groups in total. The smallest absolute Gasteiger partial charge is 0.192 e. The molecule has 2 aliphatic rings. The van der Waals surface area contributed by atoms with Crippen LogP contribution in [-0.2, 0) is 4.43 Å². The molecule has 2 heteroatoms. The van der Waals surface area contributed by atoms with Gasteiger partial charge in [0.1, 0.15) is 0 Å².